The summed E-state index contributed by atoms with van der Waals surface area (Å²) in [6, 6.07) is 8.05. The molecule has 0 radical (unpaired) electrons. The molecule has 1 saturated heterocycles. The number of thioether (sulfide) groups is 1. The zero-order chi connectivity index (χ0) is 12.6. The van der Waals surface area contributed by atoms with Crippen LogP contribution in [0.4, 0.5) is 0 Å². The van der Waals surface area contributed by atoms with Crippen LogP contribution in [-0.4, -0.2) is 42.6 Å². The first-order valence-corrected chi connectivity index (χ1v) is 7.76. The molecule has 1 heterocycles. The summed E-state index contributed by atoms with van der Waals surface area (Å²) in [6.45, 7) is 5.01. The van der Waals surface area contributed by atoms with E-state index >= 15 is 0 Å². The summed E-state index contributed by atoms with van der Waals surface area (Å²) < 4.78 is 5.72. The van der Waals surface area contributed by atoms with E-state index in [2.05, 4.69) is 16.7 Å². The minimum Gasteiger partial charge on any atom is -0.494 e. The third kappa shape index (κ3) is 4.52. The average Bonchev–Trinajstić information content (AvgIpc) is 2.45. The maximum atomic E-state index is 5.72. The van der Waals surface area contributed by atoms with E-state index in [9.17, 15) is 0 Å². The highest BCUT2D eigenvalue weighted by Gasteiger charge is 2.09. The maximum absolute atomic E-state index is 5.72. The highest BCUT2D eigenvalue weighted by molar-refractivity contribution is 7.99. The number of nitrogens with two attached hydrogens (primary N) is 1. The van der Waals surface area contributed by atoms with Crippen molar-refractivity contribution in [3.8, 4) is 5.75 Å². The van der Waals surface area contributed by atoms with Gasteiger partial charge in [0.2, 0.25) is 0 Å². The van der Waals surface area contributed by atoms with E-state index in [0.29, 0.717) is 6.54 Å². The Bertz CT molecular complexity index is 336. The van der Waals surface area contributed by atoms with Gasteiger partial charge in [0.1, 0.15) is 5.75 Å². The van der Waals surface area contributed by atoms with E-state index < -0.39 is 0 Å². The summed E-state index contributed by atoms with van der Waals surface area (Å²) in [5, 5.41) is 0. The van der Waals surface area contributed by atoms with E-state index in [0.717, 1.165) is 30.9 Å². The van der Waals surface area contributed by atoms with Crippen LogP contribution in [0.3, 0.4) is 0 Å². The van der Waals surface area contributed by atoms with Crippen molar-refractivity contribution in [2.45, 2.75) is 13.0 Å². The fraction of sp³-hybridized carbons (Fsp3) is 0.571. The Hall–Kier alpha value is -0.710. The standard InChI is InChI=1S/C14H22N2OS/c15-12-13-2-4-14(5-3-13)17-9-1-6-16-7-10-18-11-8-16/h2-5H,1,6-12,15H2. The van der Waals surface area contributed by atoms with Crippen molar-refractivity contribution < 1.29 is 4.74 Å². The molecule has 0 atom stereocenters. The van der Waals surface area contributed by atoms with Gasteiger partial charge in [-0.15, -0.1) is 0 Å². The maximum Gasteiger partial charge on any atom is 0.119 e. The van der Waals surface area contributed by atoms with E-state index in [1.54, 1.807) is 0 Å². The van der Waals surface area contributed by atoms with Crippen molar-refractivity contribution in [2.75, 3.05) is 37.7 Å². The SMILES string of the molecule is NCc1ccc(OCCCN2CCSCC2)cc1. The normalized spacial score (nSPS) is 16.7. The number of hydrogen-bond acceptors (Lipinski definition) is 4. The molecule has 0 bridgehead atoms. The van der Waals surface area contributed by atoms with Gasteiger partial charge in [0.05, 0.1) is 6.61 Å². The van der Waals surface area contributed by atoms with E-state index in [1.165, 1.54) is 24.6 Å². The van der Waals surface area contributed by atoms with Crippen LogP contribution in [0, 0.1) is 0 Å². The summed E-state index contributed by atoms with van der Waals surface area (Å²) in [7, 11) is 0. The molecular weight excluding hydrogens is 244 g/mol. The number of rotatable bonds is 6. The lowest BCUT2D eigenvalue weighted by Gasteiger charge is -2.25. The number of nitrogens with zero attached hydrogens (tertiary/aromatic N) is 1. The first-order valence-electron chi connectivity index (χ1n) is 6.60. The fourth-order valence-electron chi connectivity index (χ4n) is 2.02. The highest BCUT2D eigenvalue weighted by atomic mass is 32.2. The molecule has 1 aromatic carbocycles. The van der Waals surface area contributed by atoms with Gasteiger partial charge in [-0.1, -0.05) is 12.1 Å². The molecule has 0 unspecified atom stereocenters. The van der Waals surface area contributed by atoms with E-state index in [-0.39, 0.29) is 0 Å². The Labute approximate surface area is 114 Å². The monoisotopic (exact) mass is 266 g/mol. The Kier molecular flexibility index (Phi) is 5.84. The zero-order valence-corrected chi connectivity index (χ0v) is 11.6. The topological polar surface area (TPSA) is 38.5 Å². The molecule has 0 amide bonds. The van der Waals surface area contributed by atoms with Crippen molar-refractivity contribution in [3.05, 3.63) is 29.8 Å². The predicted molar refractivity (Wildman–Crippen MR) is 78.2 cm³/mol. The summed E-state index contributed by atoms with van der Waals surface area (Å²) in [5.74, 6) is 3.50. The molecule has 0 spiro atoms. The Morgan fingerprint density at radius 1 is 1.17 bits per heavy atom. The van der Waals surface area contributed by atoms with Crippen LogP contribution in [-0.2, 0) is 6.54 Å². The molecular formula is C14H22N2OS. The van der Waals surface area contributed by atoms with Crippen LogP contribution < -0.4 is 10.5 Å². The number of hydrogen-bond donors (Lipinski definition) is 1. The van der Waals surface area contributed by atoms with Gasteiger partial charge in [0, 0.05) is 37.7 Å². The second-order valence-corrected chi connectivity index (χ2v) is 5.73. The lowest BCUT2D eigenvalue weighted by molar-refractivity contribution is 0.248. The third-order valence-electron chi connectivity index (χ3n) is 3.15. The van der Waals surface area contributed by atoms with Crippen molar-refractivity contribution in [1.82, 2.24) is 4.90 Å². The Balaban J connectivity index is 1.62. The molecule has 1 aliphatic heterocycles. The van der Waals surface area contributed by atoms with Crippen LogP contribution in [0.2, 0.25) is 0 Å². The average molecular weight is 266 g/mol. The second kappa shape index (κ2) is 7.67. The van der Waals surface area contributed by atoms with Gasteiger partial charge >= 0.3 is 0 Å². The van der Waals surface area contributed by atoms with Crippen LogP contribution in [0.5, 0.6) is 5.75 Å². The molecule has 1 aliphatic rings. The molecule has 4 heteroatoms. The van der Waals surface area contributed by atoms with Crippen LogP contribution >= 0.6 is 11.8 Å². The summed E-state index contributed by atoms with van der Waals surface area (Å²) in [4.78, 5) is 2.53. The molecule has 2 rings (SSSR count). The van der Waals surface area contributed by atoms with Crippen LogP contribution in [0.25, 0.3) is 0 Å². The minimum atomic E-state index is 0.591. The smallest absolute Gasteiger partial charge is 0.119 e. The number of benzene rings is 1. The molecule has 1 aromatic rings. The summed E-state index contributed by atoms with van der Waals surface area (Å²) >= 11 is 2.06. The predicted octanol–water partition coefficient (Wildman–Crippen LogP) is 1.96. The fourth-order valence-corrected chi connectivity index (χ4v) is 3.00. The van der Waals surface area contributed by atoms with E-state index in [4.69, 9.17) is 10.5 Å². The molecule has 0 aromatic heterocycles. The molecule has 1 fully saturated rings. The van der Waals surface area contributed by atoms with Gasteiger partial charge in [0.15, 0.2) is 0 Å². The van der Waals surface area contributed by atoms with Crippen LogP contribution in [0.1, 0.15) is 12.0 Å². The lowest BCUT2D eigenvalue weighted by atomic mass is 10.2. The summed E-state index contributed by atoms with van der Waals surface area (Å²) in [5.41, 5.74) is 6.70. The highest BCUT2D eigenvalue weighted by Crippen LogP contribution is 2.13. The second-order valence-electron chi connectivity index (χ2n) is 4.50. The quantitative estimate of drug-likeness (QED) is 0.799. The molecule has 100 valence electrons. The van der Waals surface area contributed by atoms with Crippen molar-refractivity contribution >= 4 is 11.8 Å². The summed E-state index contributed by atoms with van der Waals surface area (Å²) in [6.07, 6.45) is 1.10. The first kappa shape index (κ1) is 13.7. The Morgan fingerprint density at radius 3 is 2.56 bits per heavy atom. The van der Waals surface area contributed by atoms with Crippen LogP contribution in [0.15, 0.2) is 24.3 Å². The Morgan fingerprint density at radius 2 is 1.89 bits per heavy atom. The van der Waals surface area contributed by atoms with Crippen molar-refractivity contribution in [3.63, 3.8) is 0 Å². The minimum absolute atomic E-state index is 0.591. The third-order valence-corrected chi connectivity index (χ3v) is 4.09. The van der Waals surface area contributed by atoms with Gasteiger partial charge in [0.25, 0.3) is 0 Å². The largest absolute Gasteiger partial charge is 0.494 e. The van der Waals surface area contributed by atoms with Gasteiger partial charge < -0.3 is 15.4 Å². The number of ether oxygens (including phenoxy) is 1. The lowest BCUT2D eigenvalue weighted by Crippen LogP contribution is -2.33. The zero-order valence-electron chi connectivity index (χ0n) is 10.8. The van der Waals surface area contributed by atoms with E-state index in [1.807, 2.05) is 24.3 Å². The van der Waals surface area contributed by atoms with Crippen molar-refractivity contribution in [2.24, 2.45) is 5.73 Å². The molecule has 0 saturated carbocycles. The molecule has 2 N–H and O–H groups in total. The molecule has 3 nitrogen and oxygen atoms in total. The van der Waals surface area contributed by atoms with Gasteiger partial charge in [-0.05, 0) is 24.1 Å². The van der Waals surface area contributed by atoms with Gasteiger partial charge in [-0.2, -0.15) is 11.8 Å². The van der Waals surface area contributed by atoms with Crippen molar-refractivity contribution in [1.29, 1.82) is 0 Å². The first-order chi connectivity index (χ1) is 8.88. The van der Waals surface area contributed by atoms with Gasteiger partial charge in [-0.3, -0.25) is 0 Å². The molecule has 0 aliphatic carbocycles. The molecule has 18 heavy (non-hydrogen) atoms. The van der Waals surface area contributed by atoms with Gasteiger partial charge in [-0.25, -0.2) is 0 Å².